The number of hydrogen-bond donors (Lipinski definition) is 1. The second-order valence-corrected chi connectivity index (χ2v) is 7.45. The molecule has 3 aromatic rings. The lowest BCUT2D eigenvalue weighted by Gasteiger charge is -2.09. The van der Waals surface area contributed by atoms with E-state index in [9.17, 15) is 0 Å². The quantitative estimate of drug-likeness (QED) is 0.657. The van der Waals surface area contributed by atoms with Crippen LogP contribution in [0.3, 0.4) is 0 Å². The number of fused-ring (bicyclic) bond motifs is 1. The van der Waals surface area contributed by atoms with Crippen molar-refractivity contribution in [3.63, 3.8) is 0 Å². The molecule has 1 aromatic heterocycles. The van der Waals surface area contributed by atoms with E-state index in [0.717, 1.165) is 46.8 Å². The molecule has 0 atom stereocenters. The summed E-state index contributed by atoms with van der Waals surface area (Å²) in [7, 11) is 1.72. The second-order valence-electron chi connectivity index (χ2n) is 6.54. The fourth-order valence-corrected chi connectivity index (χ4v) is 3.93. The van der Waals surface area contributed by atoms with Gasteiger partial charge in [0.05, 0.1) is 18.5 Å². The molecule has 1 N–H and O–H groups in total. The normalized spacial score (nSPS) is 13.6. The summed E-state index contributed by atoms with van der Waals surface area (Å²) in [4.78, 5) is 0. The van der Waals surface area contributed by atoms with Gasteiger partial charge in [0.2, 0.25) is 0 Å². The lowest BCUT2D eigenvalue weighted by Crippen LogP contribution is -2.07. The molecule has 4 nitrogen and oxygen atoms in total. The Morgan fingerprint density at radius 1 is 1.15 bits per heavy atom. The fraction of sp³-hybridized carbons (Fsp3) is 0.286. The molecule has 0 aliphatic carbocycles. The van der Waals surface area contributed by atoms with Crippen LogP contribution in [0.1, 0.15) is 29.7 Å². The third-order valence-electron chi connectivity index (χ3n) is 4.82. The maximum atomic E-state index is 5.54. The van der Waals surface area contributed by atoms with Crippen LogP contribution in [0.25, 0.3) is 5.69 Å². The van der Waals surface area contributed by atoms with Gasteiger partial charge in [-0.2, -0.15) is 5.10 Å². The summed E-state index contributed by atoms with van der Waals surface area (Å²) >= 11 is 3.57. The molecular weight excluding hydrogens is 390 g/mol. The predicted octanol–water partition coefficient (Wildman–Crippen LogP) is 4.98. The van der Waals surface area contributed by atoms with Crippen LogP contribution in [0, 0.1) is 0 Å². The molecule has 4 rings (SSSR count). The number of benzene rings is 2. The van der Waals surface area contributed by atoms with E-state index < -0.39 is 0 Å². The zero-order valence-corrected chi connectivity index (χ0v) is 16.4. The Kier molecular flexibility index (Phi) is 4.98. The highest BCUT2D eigenvalue weighted by atomic mass is 79.9. The average molecular weight is 412 g/mol. The van der Waals surface area contributed by atoms with E-state index in [4.69, 9.17) is 9.84 Å². The average Bonchev–Trinajstić information content (AvgIpc) is 2.83. The van der Waals surface area contributed by atoms with Gasteiger partial charge in [-0.25, -0.2) is 4.68 Å². The molecule has 0 fully saturated rings. The maximum absolute atomic E-state index is 5.54. The number of rotatable bonds is 4. The molecule has 0 bridgehead atoms. The maximum Gasteiger partial charge on any atom is 0.133 e. The molecule has 0 unspecified atom stereocenters. The summed E-state index contributed by atoms with van der Waals surface area (Å²) in [6.07, 6.45) is 4.19. The molecule has 1 aliphatic heterocycles. The van der Waals surface area contributed by atoms with Crippen LogP contribution >= 0.6 is 15.9 Å². The molecule has 0 spiro atoms. The summed E-state index contributed by atoms with van der Waals surface area (Å²) in [6.45, 7) is 0.987. The molecule has 0 saturated heterocycles. The zero-order chi connectivity index (χ0) is 17.9. The van der Waals surface area contributed by atoms with Gasteiger partial charge >= 0.3 is 0 Å². The van der Waals surface area contributed by atoms with Crippen LogP contribution in [0.2, 0.25) is 0 Å². The topological polar surface area (TPSA) is 39.1 Å². The minimum atomic E-state index is 0.773. The Morgan fingerprint density at radius 2 is 2.04 bits per heavy atom. The number of hydrogen-bond acceptors (Lipinski definition) is 3. The number of halogens is 1. The Morgan fingerprint density at radius 3 is 2.88 bits per heavy atom. The first kappa shape index (κ1) is 17.2. The van der Waals surface area contributed by atoms with Gasteiger partial charge in [0.15, 0.2) is 0 Å². The summed E-state index contributed by atoms with van der Waals surface area (Å²) in [5, 5.41) is 8.59. The molecule has 0 saturated carbocycles. The monoisotopic (exact) mass is 411 g/mol. The minimum absolute atomic E-state index is 0.773. The summed E-state index contributed by atoms with van der Waals surface area (Å²) < 4.78 is 8.64. The largest absolute Gasteiger partial charge is 0.496 e. The van der Waals surface area contributed by atoms with Gasteiger partial charge in [-0.05, 0) is 43.5 Å². The third kappa shape index (κ3) is 3.36. The molecule has 26 heavy (non-hydrogen) atoms. The first-order chi connectivity index (χ1) is 12.8. The number of nitrogens with one attached hydrogen (secondary N) is 1. The number of aromatic nitrogens is 2. The molecule has 134 valence electrons. The van der Waals surface area contributed by atoms with Crippen molar-refractivity contribution in [3.05, 3.63) is 69.8 Å². The molecule has 0 radical (unpaired) electrons. The van der Waals surface area contributed by atoms with Crippen molar-refractivity contribution in [1.29, 1.82) is 0 Å². The standard InChI is InChI=1S/C21H22BrN3O/c1-26-20-11-3-2-7-15(20)13-19-18-10-4-5-12-23-21(18)25(24-19)17-9-6-8-16(22)14-17/h2-3,6-9,11,14,23H,4-5,10,12-13H2,1H3. The van der Waals surface area contributed by atoms with E-state index >= 15 is 0 Å². The Labute approximate surface area is 162 Å². The SMILES string of the molecule is COc1ccccc1Cc1nn(-c2cccc(Br)c2)c2c1CCCCN2. The van der Waals surface area contributed by atoms with E-state index in [1.54, 1.807) is 7.11 Å². The van der Waals surface area contributed by atoms with Gasteiger partial charge in [-0.15, -0.1) is 0 Å². The summed E-state index contributed by atoms with van der Waals surface area (Å²) in [5.74, 6) is 2.05. The number of methoxy groups -OCH3 is 1. The predicted molar refractivity (Wildman–Crippen MR) is 108 cm³/mol. The van der Waals surface area contributed by atoms with E-state index in [1.807, 2.05) is 24.3 Å². The highest BCUT2D eigenvalue weighted by molar-refractivity contribution is 9.10. The highest BCUT2D eigenvalue weighted by Gasteiger charge is 2.21. The lowest BCUT2D eigenvalue weighted by atomic mass is 10.0. The Balaban J connectivity index is 1.80. The molecule has 1 aliphatic rings. The van der Waals surface area contributed by atoms with Crippen LogP contribution < -0.4 is 10.1 Å². The van der Waals surface area contributed by atoms with Crippen molar-refractivity contribution in [2.24, 2.45) is 0 Å². The minimum Gasteiger partial charge on any atom is -0.496 e. The smallest absolute Gasteiger partial charge is 0.133 e. The Hall–Kier alpha value is -2.27. The van der Waals surface area contributed by atoms with E-state index in [-0.39, 0.29) is 0 Å². The van der Waals surface area contributed by atoms with E-state index in [2.05, 4.69) is 50.2 Å². The van der Waals surface area contributed by atoms with Crippen molar-refractivity contribution in [3.8, 4) is 11.4 Å². The van der Waals surface area contributed by atoms with Crippen molar-refractivity contribution < 1.29 is 4.74 Å². The highest BCUT2D eigenvalue weighted by Crippen LogP contribution is 2.31. The fourth-order valence-electron chi connectivity index (χ4n) is 3.54. The van der Waals surface area contributed by atoms with Gasteiger partial charge < -0.3 is 10.1 Å². The van der Waals surface area contributed by atoms with Crippen LogP contribution in [0.4, 0.5) is 5.82 Å². The van der Waals surface area contributed by atoms with Crippen LogP contribution in [-0.2, 0) is 12.8 Å². The third-order valence-corrected chi connectivity index (χ3v) is 5.31. The summed E-state index contributed by atoms with van der Waals surface area (Å²) in [5.41, 5.74) is 4.68. The van der Waals surface area contributed by atoms with Crippen molar-refractivity contribution in [1.82, 2.24) is 9.78 Å². The van der Waals surface area contributed by atoms with Crippen molar-refractivity contribution in [2.75, 3.05) is 19.0 Å². The van der Waals surface area contributed by atoms with Gasteiger partial charge in [-0.1, -0.05) is 40.2 Å². The first-order valence-electron chi connectivity index (χ1n) is 8.99. The number of para-hydroxylation sites is 1. The second kappa shape index (κ2) is 7.54. The molecule has 5 heteroatoms. The summed E-state index contributed by atoms with van der Waals surface area (Å²) in [6, 6.07) is 16.5. The first-order valence-corrected chi connectivity index (χ1v) is 9.78. The zero-order valence-electron chi connectivity index (χ0n) is 14.8. The van der Waals surface area contributed by atoms with Gasteiger partial charge in [0, 0.05) is 28.6 Å². The van der Waals surface area contributed by atoms with Crippen molar-refractivity contribution >= 4 is 21.7 Å². The molecule has 2 aromatic carbocycles. The number of nitrogens with zero attached hydrogens (tertiary/aromatic N) is 2. The van der Waals surface area contributed by atoms with Crippen molar-refractivity contribution in [2.45, 2.75) is 25.7 Å². The van der Waals surface area contributed by atoms with Crippen LogP contribution in [0.15, 0.2) is 53.0 Å². The van der Waals surface area contributed by atoms with E-state index in [1.165, 1.54) is 24.0 Å². The van der Waals surface area contributed by atoms with Crippen LogP contribution in [-0.4, -0.2) is 23.4 Å². The number of anilines is 1. The van der Waals surface area contributed by atoms with Gasteiger partial charge in [0.1, 0.15) is 11.6 Å². The molecule has 2 heterocycles. The van der Waals surface area contributed by atoms with Gasteiger partial charge in [-0.3, -0.25) is 0 Å². The van der Waals surface area contributed by atoms with Crippen LogP contribution in [0.5, 0.6) is 5.75 Å². The lowest BCUT2D eigenvalue weighted by molar-refractivity contribution is 0.410. The van der Waals surface area contributed by atoms with Gasteiger partial charge in [0.25, 0.3) is 0 Å². The Bertz CT molecular complexity index is 919. The molecular formula is C21H22BrN3O. The number of ether oxygens (including phenoxy) is 1. The molecule has 0 amide bonds. The van der Waals surface area contributed by atoms with E-state index in [0.29, 0.717) is 0 Å².